The minimum absolute atomic E-state index is 0.0230. The molecule has 426 valence electrons. The van der Waals surface area contributed by atoms with Gasteiger partial charge in [-0.25, -0.2) is 19.9 Å². The van der Waals surface area contributed by atoms with E-state index in [2.05, 4.69) is 209 Å². The highest BCUT2D eigenvalue weighted by atomic mass is 14.8. The van der Waals surface area contributed by atoms with E-state index in [1.807, 2.05) is 0 Å². The molecule has 4 N–H and O–H groups in total. The minimum Gasteiger partial charge on any atom is -0.355 e. The molecule has 8 nitrogen and oxygen atoms in total. The van der Waals surface area contributed by atoms with Crippen LogP contribution in [0.25, 0.3) is 133 Å². The average Bonchev–Trinajstić information content (AvgIpc) is 2.26. The Bertz CT molecular complexity index is 4970. The van der Waals surface area contributed by atoms with Crippen molar-refractivity contribution in [2.75, 3.05) is 0 Å². The third-order valence-electron chi connectivity index (χ3n) is 20.3. The van der Waals surface area contributed by atoms with E-state index in [9.17, 15) is 0 Å². The molecule has 0 saturated carbocycles. The summed E-state index contributed by atoms with van der Waals surface area (Å²) in [6.45, 7) is 34.4. The first-order valence-corrected chi connectivity index (χ1v) is 31.4. The Kier molecular flexibility index (Phi) is 13.0. The van der Waals surface area contributed by atoms with Gasteiger partial charge >= 0.3 is 0 Å². The van der Waals surface area contributed by atoms with Crippen molar-refractivity contribution in [2.24, 2.45) is 5.92 Å². The summed E-state index contributed by atoms with van der Waals surface area (Å²) in [5, 5.41) is 4.69. The number of hydrogen-bond acceptors (Lipinski definition) is 4. The van der Waals surface area contributed by atoms with E-state index in [0.717, 1.165) is 157 Å². The number of benzene rings is 3. The SMILES string of the molecule is CCC1=C(C)c2cc3[nH]c4c(C)c3CC(C)C3=C(C)c5nc3cc3[nH]c(cc6nc(cc7[nH]c(c(C)c7CC)c5-c5cccc7cc8cccc(c8cc57)-c4c4nc(cc5[nH]c(cc1n2)c(CC)c5C)C(CC)=C4C)C(C)=C6CC)c(CC)c3C. The van der Waals surface area contributed by atoms with Gasteiger partial charge in [-0.1, -0.05) is 84.9 Å². The standard InChI is InChI=1S/C77H78N8/c1-16-48-38(8)59-31-67-52(20-5)42(12)74(82-67)72-54-26-22-24-46-29-47-25-23-27-55(58(47)30-57(46)54)73-75-43(13)53(21-6)68(83-75)32-60-39(9)49(17-2)64(79-60)36-66-51(19-4)41(11)62(81-66)34-70-71(45(15)77(73)85-70)37(7)28-56-44(14)76(72)84-69(56)33-61-40(10)50(18-3)65(80-61)35-63(48)78-59/h22-27,29-37,78,81,83-84H,16-21,28H2,1-15H3. The number of aryl methyl sites for hydroxylation is 7. The molecule has 10 heterocycles. The number of hydrogen-bond donors (Lipinski definition) is 4. The molecular formula is C77H78N8. The van der Waals surface area contributed by atoms with Gasteiger partial charge in [0.15, 0.2) is 0 Å². The van der Waals surface area contributed by atoms with Gasteiger partial charge in [-0.3, -0.25) is 0 Å². The molecule has 3 aromatic carbocycles. The van der Waals surface area contributed by atoms with Crippen LogP contribution >= 0.6 is 0 Å². The van der Waals surface area contributed by atoms with Crippen molar-refractivity contribution in [3.63, 3.8) is 0 Å². The number of nitrogens with one attached hydrogen (secondary N) is 4. The molecule has 9 aromatic rings. The fourth-order valence-corrected chi connectivity index (χ4v) is 15.7. The summed E-state index contributed by atoms with van der Waals surface area (Å²) in [5.74, 6) is 0.0230. The summed E-state index contributed by atoms with van der Waals surface area (Å²) in [6, 6.07) is 32.6. The molecule has 1 unspecified atom stereocenters. The van der Waals surface area contributed by atoms with Gasteiger partial charge in [0.1, 0.15) is 0 Å². The second kappa shape index (κ2) is 20.3. The number of H-pyrrole nitrogens is 4. The van der Waals surface area contributed by atoms with E-state index in [1.165, 1.54) is 111 Å². The van der Waals surface area contributed by atoms with Crippen LogP contribution in [0.15, 0.2) is 84.9 Å². The number of rotatable bonds is 6. The van der Waals surface area contributed by atoms with Crippen LogP contribution in [0.2, 0.25) is 0 Å². The van der Waals surface area contributed by atoms with E-state index in [1.54, 1.807) is 0 Å². The molecule has 0 fully saturated rings. The molecule has 6 aromatic heterocycles. The van der Waals surface area contributed by atoms with Crippen molar-refractivity contribution < 1.29 is 0 Å². The zero-order valence-corrected chi connectivity index (χ0v) is 52.4. The number of allylic oxidation sites excluding steroid dienone is 8. The Labute approximate surface area is 499 Å². The van der Waals surface area contributed by atoms with E-state index < -0.39 is 0 Å². The molecule has 8 heteroatoms. The van der Waals surface area contributed by atoms with Crippen LogP contribution in [0.3, 0.4) is 0 Å². The quantitative estimate of drug-likeness (QED) is 0.124. The van der Waals surface area contributed by atoms with E-state index in [0.29, 0.717) is 0 Å². The van der Waals surface area contributed by atoms with E-state index in [-0.39, 0.29) is 5.92 Å². The zero-order chi connectivity index (χ0) is 59.2. The number of nitrogens with zero attached hydrogens (tertiary/aromatic N) is 4. The largest absolute Gasteiger partial charge is 0.355 e. The summed E-state index contributed by atoms with van der Waals surface area (Å²) in [4.78, 5) is 39.2. The topological polar surface area (TPSA) is 115 Å². The van der Waals surface area contributed by atoms with Crippen LogP contribution < -0.4 is 0 Å². The molecular weight excluding hydrogens is 1040 g/mol. The summed E-state index contributed by atoms with van der Waals surface area (Å²) in [6.07, 6.45) is 6.02. The molecule has 1 aliphatic carbocycles. The fourth-order valence-electron chi connectivity index (χ4n) is 15.7. The molecule has 0 amide bonds. The lowest BCUT2D eigenvalue weighted by Crippen LogP contribution is -2.04. The van der Waals surface area contributed by atoms with Crippen LogP contribution in [0.4, 0.5) is 0 Å². The van der Waals surface area contributed by atoms with Crippen LogP contribution in [0, 0.1) is 33.6 Å². The first kappa shape index (κ1) is 54.3. The maximum absolute atomic E-state index is 6.03. The number of aromatic nitrogens is 8. The maximum Gasteiger partial charge on any atom is 0.0769 e. The predicted molar refractivity (Wildman–Crippen MR) is 362 cm³/mol. The summed E-state index contributed by atoms with van der Waals surface area (Å²) in [7, 11) is 0. The number of aromatic amines is 4. The first-order valence-electron chi connectivity index (χ1n) is 31.4. The van der Waals surface area contributed by atoms with Gasteiger partial charge in [0.25, 0.3) is 0 Å². The predicted octanol–water partition coefficient (Wildman–Crippen LogP) is 20.6. The van der Waals surface area contributed by atoms with Crippen molar-refractivity contribution >= 4 is 110 Å². The summed E-state index contributed by atoms with van der Waals surface area (Å²) < 4.78 is 0. The Morgan fingerprint density at radius 3 is 1.35 bits per heavy atom. The van der Waals surface area contributed by atoms with Gasteiger partial charge in [-0.2, -0.15) is 0 Å². The molecule has 14 rings (SSSR count). The Hall–Kier alpha value is -8.62. The van der Waals surface area contributed by atoms with Crippen LogP contribution in [-0.4, -0.2) is 39.9 Å². The smallest absolute Gasteiger partial charge is 0.0769 e. The third-order valence-corrected chi connectivity index (χ3v) is 20.3. The summed E-state index contributed by atoms with van der Waals surface area (Å²) in [5.41, 5.74) is 41.5. The highest BCUT2D eigenvalue weighted by Crippen LogP contribution is 2.49. The average molecular weight is 1120 g/mol. The van der Waals surface area contributed by atoms with E-state index >= 15 is 0 Å². The molecule has 1 atom stereocenters. The Balaban J connectivity index is 1.21. The van der Waals surface area contributed by atoms with Gasteiger partial charge in [-0.15, -0.1) is 0 Å². The lowest BCUT2D eigenvalue weighted by molar-refractivity contribution is 0.746. The van der Waals surface area contributed by atoms with Crippen molar-refractivity contribution in [3.05, 3.63) is 175 Å². The first-order chi connectivity index (χ1) is 41.1. The Morgan fingerprint density at radius 2 is 0.812 bits per heavy atom. The summed E-state index contributed by atoms with van der Waals surface area (Å²) >= 11 is 0. The van der Waals surface area contributed by atoms with Crippen LogP contribution in [-0.2, 0) is 25.7 Å². The lowest BCUT2D eigenvalue weighted by atomic mass is 9.86. The normalized spacial score (nSPS) is 15.2. The van der Waals surface area contributed by atoms with Gasteiger partial charge in [0, 0.05) is 44.2 Å². The molecule has 5 aliphatic rings. The number of fused-ring (bicyclic) bond motifs is 21. The van der Waals surface area contributed by atoms with Gasteiger partial charge in [0.05, 0.1) is 56.6 Å². The minimum atomic E-state index is 0.0230. The zero-order valence-electron chi connectivity index (χ0n) is 52.4. The second-order valence-electron chi connectivity index (χ2n) is 24.7. The highest BCUT2D eigenvalue weighted by Gasteiger charge is 2.31. The second-order valence-corrected chi connectivity index (χ2v) is 24.7. The molecule has 0 spiro atoms. The van der Waals surface area contributed by atoms with Crippen molar-refractivity contribution in [3.8, 4) is 22.3 Å². The molecule has 4 aliphatic heterocycles. The molecule has 85 heavy (non-hydrogen) atoms. The van der Waals surface area contributed by atoms with Gasteiger partial charge in [0.2, 0.25) is 0 Å². The van der Waals surface area contributed by atoms with Gasteiger partial charge in [-0.05, 0) is 277 Å². The Morgan fingerprint density at radius 1 is 0.388 bits per heavy atom. The van der Waals surface area contributed by atoms with Crippen LogP contribution in [0.5, 0.6) is 0 Å². The molecule has 0 radical (unpaired) electrons. The van der Waals surface area contributed by atoms with Gasteiger partial charge < -0.3 is 19.9 Å². The van der Waals surface area contributed by atoms with E-state index in [4.69, 9.17) is 19.9 Å². The maximum atomic E-state index is 6.03. The van der Waals surface area contributed by atoms with Crippen molar-refractivity contribution in [2.45, 2.75) is 149 Å². The van der Waals surface area contributed by atoms with Crippen LogP contribution in [0.1, 0.15) is 185 Å². The highest BCUT2D eigenvalue weighted by molar-refractivity contribution is 6.15. The fraction of sp³-hybridized carbons (Fsp3) is 0.299. The molecule has 20 bridgehead atoms. The van der Waals surface area contributed by atoms with Crippen molar-refractivity contribution in [1.82, 2.24) is 39.9 Å². The third kappa shape index (κ3) is 8.13. The monoisotopic (exact) mass is 1110 g/mol. The molecule has 0 saturated heterocycles. The lowest BCUT2D eigenvalue weighted by Gasteiger charge is -2.16. The van der Waals surface area contributed by atoms with Crippen molar-refractivity contribution in [1.29, 1.82) is 0 Å².